The summed E-state index contributed by atoms with van der Waals surface area (Å²) in [6, 6.07) is 0.595. The quantitative estimate of drug-likeness (QED) is 0.773. The maximum absolute atomic E-state index is 5.76. The summed E-state index contributed by atoms with van der Waals surface area (Å²) in [5, 5.41) is 1.12. The Bertz CT molecular complexity index is 324. The van der Waals surface area contributed by atoms with Crippen molar-refractivity contribution < 1.29 is 4.74 Å². The number of thiazole rings is 1. The first-order valence-corrected chi connectivity index (χ1v) is 6.26. The van der Waals surface area contributed by atoms with Gasteiger partial charge in [-0.05, 0) is 20.8 Å². The van der Waals surface area contributed by atoms with Crippen molar-refractivity contribution >= 4 is 11.3 Å². The van der Waals surface area contributed by atoms with E-state index in [0.29, 0.717) is 6.04 Å². The third-order valence-electron chi connectivity index (χ3n) is 2.74. The first-order valence-electron chi connectivity index (χ1n) is 5.45. The summed E-state index contributed by atoms with van der Waals surface area (Å²) in [4.78, 5) is 8.11. The van der Waals surface area contributed by atoms with Crippen molar-refractivity contribution in [1.82, 2.24) is 9.88 Å². The zero-order chi connectivity index (χ0) is 10.8. The Labute approximate surface area is 95.1 Å². The molecule has 1 unspecified atom stereocenters. The van der Waals surface area contributed by atoms with Crippen LogP contribution in [0.15, 0.2) is 6.20 Å². The molecule has 1 fully saturated rings. The Kier molecular flexibility index (Phi) is 3.38. The van der Waals surface area contributed by atoms with Crippen molar-refractivity contribution in [3.8, 4) is 0 Å². The Balaban J connectivity index is 2.04. The van der Waals surface area contributed by atoms with Gasteiger partial charge < -0.3 is 4.74 Å². The molecule has 3 nitrogen and oxygen atoms in total. The lowest BCUT2D eigenvalue weighted by atomic mass is 10.2. The first-order chi connectivity index (χ1) is 7.16. The summed E-state index contributed by atoms with van der Waals surface area (Å²) in [5.41, 5.74) is 0. The van der Waals surface area contributed by atoms with Gasteiger partial charge in [0.2, 0.25) is 0 Å². The molecule has 0 bridgehead atoms. The highest BCUT2D eigenvalue weighted by atomic mass is 32.1. The largest absolute Gasteiger partial charge is 0.368 e. The van der Waals surface area contributed by atoms with Crippen LogP contribution in [0.1, 0.15) is 29.8 Å². The van der Waals surface area contributed by atoms with Gasteiger partial charge in [0, 0.05) is 30.2 Å². The normalized spacial score (nSPS) is 23.6. The SMILES string of the molecule is Cc1cnc(C2CN(C(C)C)CCO2)s1. The summed E-state index contributed by atoms with van der Waals surface area (Å²) in [5.74, 6) is 0. The molecule has 1 aromatic heterocycles. The van der Waals surface area contributed by atoms with Crippen LogP contribution in [0.4, 0.5) is 0 Å². The second kappa shape index (κ2) is 4.60. The van der Waals surface area contributed by atoms with Gasteiger partial charge in [-0.3, -0.25) is 4.90 Å². The van der Waals surface area contributed by atoms with Crippen molar-refractivity contribution in [1.29, 1.82) is 0 Å². The summed E-state index contributed by atoms with van der Waals surface area (Å²) in [6.07, 6.45) is 2.11. The maximum Gasteiger partial charge on any atom is 0.123 e. The van der Waals surface area contributed by atoms with Crippen LogP contribution in [-0.2, 0) is 4.74 Å². The van der Waals surface area contributed by atoms with E-state index in [1.807, 2.05) is 6.20 Å². The second-order valence-corrected chi connectivity index (χ2v) is 5.52. The Morgan fingerprint density at radius 2 is 2.40 bits per heavy atom. The first kappa shape index (κ1) is 11.0. The average molecular weight is 226 g/mol. The van der Waals surface area contributed by atoms with Crippen molar-refractivity contribution in [2.45, 2.75) is 32.9 Å². The molecule has 0 radical (unpaired) electrons. The molecule has 0 spiro atoms. The molecule has 1 saturated heterocycles. The molecule has 0 N–H and O–H groups in total. The van der Waals surface area contributed by atoms with E-state index in [9.17, 15) is 0 Å². The molecule has 0 amide bonds. The lowest BCUT2D eigenvalue weighted by Gasteiger charge is -2.34. The number of ether oxygens (including phenoxy) is 1. The molecule has 2 heterocycles. The van der Waals surface area contributed by atoms with Crippen LogP contribution in [0.3, 0.4) is 0 Å². The van der Waals surface area contributed by atoms with Crippen LogP contribution in [-0.4, -0.2) is 35.6 Å². The monoisotopic (exact) mass is 226 g/mol. The fourth-order valence-electron chi connectivity index (χ4n) is 1.81. The third-order valence-corrected chi connectivity index (χ3v) is 3.75. The van der Waals surface area contributed by atoms with Gasteiger partial charge in [0.1, 0.15) is 11.1 Å². The van der Waals surface area contributed by atoms with Crippen LogP contribution in [0.5, 0.6) is 0 Å². The van der Waals surface area contributed by atoms with E-state index in [1.165, 1.54) is 4.88 Å². The Morgan fingerprint density at radius 1 is 1.60 bits per heavy atom. The van der Waals surface area contributed by atoms with Crippen LogP contribution in [0.2, 0.25) is 0 Å². The summed E-state index contributed by atoms with van der Waals surface area (Å²) in [6.45, 7) is 9.39. The molecule has 2 rings (SSSR count). The Morgan fingerprint density at radius 3 is 3.00 bits per heavy atom. The maximum atomic E-state index is 5.76. The molecule has 15 heavy (non-hydrogen) atoms. The topological polar surface area (TPSA) is 25.4 Å². The number of rotatable bonds is 2. The number of aryl methyl sites for hydroxylation is 1. The summed E-state index contributed by atoms with van der Waals surface area (Å²) >= 11 is 1.75. The van der Waals surface area contributed by atoms with Crippen molar-refractivity contribution in [2.24, 2.45) is 0 Å². The predicted octanol–water partition coefficient (Wildman–Crippen LogP) is 2.23. The second-order valence-electron chi connectivity index (χ2n) is 4.26. The molecule has 0 saturated carbocycles. The zero-order valence-electron chi connectivity index (χ0n) is 9.56. The van der Waals surface area contributed by atoms with E-state index in [0.717, 1.165) is 24.7 Å². The number of hydrogen-bond acceptors (Lipinski definition) is 4. The van der Waals surface area contributed by atoms with Gasteiger partial charge in [-0.15, -0.1) is 11.3 Å². The minimum absolute atomic E-state index is 0.180. The molecule has 1 aliphatic rings. The molecular weight excluding hydrogens is 208 g/mol. The fraction of sp³-hybridized carbons (Fsp3) is 0.727. The van der Waals surface area contributed by atoms with Gasteiger partial charge >= 0.3 is 0 Å². The molecule has 4 heteroatoms. The fourth-order valence-corrected chi connectivity index (χ4v) is 2.62. The van der Waals surface area contributed by atoms with E-state index < -0.39 is 0 Å². The minimum Gasteiger partial charge on any atom is -0.368 e. The molecular formula is C11H18N2OS. The average Bonchev–Trinajstić information content (AvgIpc) is 2.65. The summed E-state index contributed by atoms with van der Waals surface area (Å²) in [7, 11) is 0. The van der Waals surface area contributed by atoms with Crippen LogP contribution in [0.25, 0.3) is 0 Å². The van der Waals surface area contributed by atoms with Crippen LogP contribution >= 0.6 is 11.3 Å². The van der Waals surface area contributed by atoms with Gasteiger partial charge in [0.25, 0.3) is 0 Å². The molecule has 84 valence electrons. The smallest absolute Gasteiger partial charge is 0.123 e. The predicted molar refractivity (Wildman–Crippen MR) is 62.3 cm³/mol. The number of hydrogen-bond donors (Lipinski definition) is 0. The van der Waals surface area contributed by atoms with Crippen molar-refractivity contribution in [3.63, 3.8) is 0 Å². The van der Waals surface area contributed by atoms with E-state index in [2.05, 4.69) is 30.7 Å². The van der Waals surface area contributed by atoms with E-state index in [4.69, 9.17) is 4.74 Å². The highest BCUT2D eigenvalue weighted by molar-refractivity contribution is 7.11. The standard InChI is InChI=1S/C11H18N2OS/c1-8(2)13-4-5-14-10(7-13)11-12-6-9(3)15-11/h6,8,10H,4-5,7H2,1-3H3. The third kappa shape index (κ3) is 2.56. The van der Waals surface area contributed by atoms with Crippen LogP contribution in [0, 0.1) is 6.92 Å². The molecule has 1 aromatic rings. The summed E-state index contributed by atoms with van der Waals surface area (Å²) < 4.78 is 5.76. The van der Waals surface area contributed by atoms with E-state index in [-0.39, 0.29) is 6.10 Å². The number of nitrogens with zero attached hydrogens (tertiary/aromatic N) is 2. The highest BCUT2D eigenvalue weighted by Gasteiger charge is 2.25. The van der Waals surface area contributed by atoms with E-state index >= 15 is 0 Å². The lowest BCUT2D eigenvalue weighted by Crippen LogP contribution is -2.42. The molecule has 0 aliphatic carbocycles. The minimum atomic E-state index is 0.180. The van der Waals surface area contributed by atoms with Gasteiger partial charge in [0.15, 0.2) is 0 Å². The number of aromatic nitrogens is 1. The molecule has 1 atom stereocenters. The van der Waals surface area contributed by atoms with Crippen molar-refractivity contribution in [3.05, 3.63) is 16.1 Å². The highest BCUT2D eigenvalue weighted by Crippen LogP contribution is 2.26. The van der Waals surface area contributed by atoms with Gasteiger partial charge in [-0.1, -0.05) is 0 Å². The van der Waals surface area contributed by atoms with Crippen LogP contribution < -0.4 is 0 Å². The number of morpholine rings is 1. The lowest BCUT2D eigenvalue weighted by molar-refractivity contribution is -0.0402. The van der Waals surface area contributed by atoms with E-state index in [1.54, 1.807) is 11.3 Å². The van der Waals surface area contributed by atoms with Gasteiger partial charge in [0.05, 0.1) is 6.61 Å². The Hall–Kier alpha value is -0.450. The molecule has 1 aliphatic heterocycles. The zero-order valence-corrected chi connectivity index (χ0v) is 10.4. The van der Waals surface area contributed by atoms with Gasteiger partial charge in [-0.2, -0.15) is 0 Å². The van der Waals surface area contributed by atoms with Crippen molar-refractivity contribution in [2.75, 3.05) is 19.7 Å². The molecule has 0 aromatic carbocycles. The van der Waals surface area contributed by atoms with Gasteiger partial charge in [-0.25, -0.2) is 4.98 Å².